The minimum atomic E-state index is 0.153. The number of hydrogen-bond donors (Lipinski definition) is 0. The van der Waals surface area contributed by atoms with Crippen LogP contribution >= 0.6 is 15.9 Å². The molecule has 0 saturated carbocycles. The van der Waals surface area contributed by atoms with E-state index in [0.29, 0.717) is 0 Å². The molecule has 0 bridgehead atoms. The number of carbonyl (C=O) groups excluding carboxylic acids is 1. The molecule has 0 fully saturated rings. The molecular weight excluding hydrogens is 254 g/mol. The fourth-order valence-corrected chi connectivity index (χ4v) is 2.32. The number of nitrogens with zero attached hydrogens (tertiary/aromatic N) is 1. The van der Waals surface area contributed by atoms with E-state index in [4.69, 9.17) is 0 Å². The molecule has 1 aromatic rings. The first-order valence-electron chi connectivity index (χ1n) is 4.79. The van der Waals surface area contributed by atoms with Crippen LogP contribution in [0.25, 0.3) is 0 Å². The first-order valence-corrected chi connectivity index (χ1v) is 5.58. The lowest BCUT2D eigenvalue weighted by atomic mass is 10.1. The van der Waals surface area contributed by atoms with E-state index in [0.717, 1.165) is 27.6 Å². The molecule has 0 heterocycles. The molecule has 0 amide bonds. The Balaban J connectivity index is 2.46. The van der Waals surface area contributed by atoms with Crippen LogP contribution in [0.2, 0.25) is 0 Å². The van der Waals surface area contributed by atoms with E-state index in [1.807, 2.05) is 43.4 Å². The summed E-state index contributed by atoms with van der Waals surface area (Å²) in [6.45, 7) is 0. The quantitative estimate of drug-likeness (QED) is 0.728. The van der Waals surface area contributed by atoms with Crippen molar-refractivity contribution in [2.75, 3.05) is 14.1 Å². The van der Waals surface area contributed by atoms with E-state index >= 15 is 0 Å². The SMILES string of the molecule is CN(C)/C=C1/Cc2c(Br)cccc2C1=O. The average molecular weight is 266 g/mol. The second kappa shape index (κ2) is 3.81. The van der Waals surface area contributed by atoms with Crippen molar-refractivity contribution in [1.82, 2.24) is 4.90 Å². The molecule has 78 valence electrons. The maximum absolute atomic E-state index is 12.0. The van der Waals surface area contributed by atoms with Crippen molar-refractivity contribution in [1.29, 1.82) is 0 Å². The van der Waals surface area contributed by atoms with Gasteiger partial charge in [0.25, 0.3) is 0 Å². The van der Waals surface area contributed by atoms with Crippen molar-refractivity contribution in [3.05, 3.63) is 45.6 Å². The summed E-state index contributed by atoms with van der Waals surface area (Å²) < 4.78 is 1.02. The van der Waals surface area contributed by atoms with Crippen LogP contribution in [0.5, 0.6) is 0 Å². The van der Waals surface area contributed by atoms with Crippen molar-refractivity contribution in [2.24, 2.45) is 0 Å². The summed E-state index contributed by atoms with van der Waals surface area (Å²) in [6, 6.07) is 5.77. The van der Waals surface area contributed by atoms with Crippen LogP contribution < -0.4 is 0 Å². The summed E-state index contributed by atoms with van der Waals surface area (Å²) in [7, 11) is 3.86. The van der Waals surface area contributed by atoms with Gasteiger partial charge in [0, 0.05) is 42.3 Å². The largest absolute Gasteiger partial charge is 0.383 e. The summed E-state index contributed by atoms with van der Waals surface area (Å²) >= 11 is 3.48. The van der Waals surface area contributed by atoms with E-state index in [2.05, 4.69) is 15.9 Å². The normalized spacial score (nSPS) is 17.0. The van der Waals surface area contributed by atoms with Crippen molar-refractivity contribution in [3.8, 4) is 0 Å². The summed E-state index contributed by atoms with van der Waals surface area (Å²) in [5.74, 6) is 0.153. The number of allylic oxidation sites excluding steroid dienone is 1. The van der Waals surface area contributed by atoms with Gasteiger partial charge in [-0.1, -0.05) is 28.1 Å². The Morgan fingerprint density at radius 2 is 2.13 bits per heavy atom. The van der Waals surface area contributed by atoms with E-state index in [1.165, 1.54) is 0 Å². The third kappa shape index (κ3) is 1.84. The number of benzene rings is 1. The fraction of sp³-hybridized carbons (Fsp3) is 0.250. The van der Waals surface area contributed by atoms with Gasteiger partial charge in [-0.05, 0) is 11.6 Å². The molecule has 0 atom stereocenters. The molecule has 0 aromatic heterocycles. The zero-order chi connectivity index (χ0) is 11.0. The van der Waals surface area contributed by atoms with Gasteiger partial charge < -0.3 is 4.90 Å². The van der Waals surface area contributed by atoms with Gasteiger partial charge in [0.2, 0.25) is 0 Å². The number of fused-ring (bicyclic) bond motifs is 1. The Hall–Kier alpha value is -1.09. The first-order chi connectivity index (χ1) is 7.09. The summed E-state index contributed by atoms with van der Waals surface area (Å²) in [4.78, 5) is 13.9. The Morgan fingerprint density at radius 3 is 2.73 bits per heavy atom. The third-order valence-corrected chi connectivity index (χ3v) is 3.18. The summed E-state index contributed by atoms with van der Waals surface area (Å²) in [5, 5.41) is 0. The second-order valence-electron chi connectivity index (χ2n) is 3.89. The Kier molecular flexibility index (Phi) is 2.65. The van der Waals surface area contributed by atoms with E-state index < -0.39 is 0 Å². The van der Waals surface area contributed by atoms with Crippen LogP contribution in [0.1, 0.15) is 15.9 Å². The number of ketones is 1. The van der Waals surface area contributed by atoms with Crippen molar-refractivity contribution in [2.45, 2.75) is 6.42 Å². The van der Waals surface area contributed by atoms with Gasteiger partial charge >= 0.3 is 0 Å². The molecule has 0 saturated heterocycles. The van der Waals surface area contributed by atoms with Gasteiger partial charge in [-0.25, -0.2) is 0 Å². The topological polar surface area (TPSA) is 20.3 Å². The standard InChI is InChI=1S/C12H12BrNO/c1-14(2)7-8-6-10-9(12(8)15)4-3-5-11(10)13/h3-5,7H,6H2,1-2H3/b8-7-. The predicted molar refractivity (Wildman–Crippen MR) is 63.9 cm³/mol. The van der Waals surface area contributed by atoms with Crippen LogP contribution in [0.15, 0.2) is 34.4 Å². The van der Waals surface area contributed by atoms with Crippen LogP contribution in [0.4, 0.5) is 0 Å². The number of Topliss-reactive ketones (excluding diaryl/α,β-unsaturated/α-hetero) is 1. The Morgan fingerprint density at radius 1 is 1.40 bits per heavy atom. The zero-order valence-corrected chi connectivity index (χ0v) is 10.3. The van der Waals surface area contributed by atoms with Gasteiger partial charge in [0.1, 0.15) is 0 Å². The highest BCUT2D eigenvalue weighted by Crippen LogP contribution is 2.31. The molecule has 0 aliphatic heterocycles. The third-order valence-electron chi connectivity index (χ3n) is 2.44. The minimum absolute atomic E-state index is 0.153. The van der Waals surface area contributed by atoms with Crippen LogP contribution in [0, 0.1) is 0 Å². The van der Waals surface area contributed by atoms with E-state index in [9.17, 15) is 4.79 Å². The van der Waals surface area contributed by atoms with Gasteiger partial charge in [-0.15, -0.1) is 0 Å². The number of hydrogen-bond acceptors (Lipinski definition) is 2. The lowest BCUT2D eigenvalue weighted by Gasteiger charge is -2.05. The molecule has 1 aliphatic carbocycles. The number of halogens is 1. The molecule has 0 unspecified atom stereocenters. The maximum atomic E-state index is 12.0. The molecule has 0 radical (unpaired) electrons. The second-order valence-corrected chi connectivity index (χ2v) is 4.74. The molecule has 0 spiro atoms. The van der Waals surface area contributed by atoms with Gasteiger partial charge in [-0.2, -0.15) is 0 Å². The molecule has 0 N–H and O–H groups in total. The minimum Gasteiger partial charge on any atom is -0.383 e. The Labute approximate surface area is 97.7 Å². The lowest BCUT2D eigenvalue weighted by molar-refractivity contribution is 0.103. The van der Waals surface area contributed by atoms with Gasteiger partial charge in [-0.3, -0.25) is 4.79 Å². The Bertz CT molecular complexity index is 449. The predicted octanol–water partition coefficient (Wildman–Crippen LogP) is 2.63. The highest BCUT2D eigenvalue weighted by molar-refractivity contribution is 9.10. The summed E-state index contributed by atoms with van der Waals surface area (Å²) in [6.07, 6.45) is 2.63. The van der Waals surface area contributed by atoms with Gasteiger partial charge in [0.05, 0.1) is 0 Å². The van der Waals surface area contributed by atoms with Crippen molar-refractivity contribution >= 4 is 21.7 Å². The summed E-state index contributed by atoms with van der Waals surface area (Å²) in [5.41, 5.74) is 2.80. The van der Waals surface area contributed by atoms with Crippen molar-refractivity contribution < 1.29 is 4.79 Å². The van der Waals surface area contributed by atoms with Crippen LogP contribution in [0.3, 0.4) is 0 Å². The average Bonchev–Trinajstić information content (AvgIpc) is 2.46. The van der Waals surface area contributed by atoms with Crippen LogP contribution in [-0.4, -0.2) is 24.8 Å². The molecule has 1 aliphatic rings. The zero-order valence-electron chi connectivity index (χ0n) is 8.75. The number of carbonyl (C=O) groups is 1. The highest BCUT2D eigenvalue weighted by Gasteiger charge is 2.26. The molecule has 2 nitrogen and oxygen atoms in total. The molecule has 2 rings (SSSR count). The molecule has 15 heavy (non-hydrogen) atoms. The molecule has 3 heteroatoms. The smallest absolute Gasteiger partial charge is 0.191 e. The lowest BCUT2D eigenvalue weighted by Crippen LogP contribution is -2.06. The van der Waals surface area contributed by atoms with Crippen LogP contribution in [-0.2, 0) is 6.42 Å². The maximum Gasteiger partial charge on any atom is 0.191 e. The van der Waals surface area contributed by atoms with Gasteiger partial charge in [0.15, 0.2) is 5.78 Å². The number of rotatable bonds is 1. The highest BCUT2D eigenvalue weighted by atomic mass is 79.9. The molecular formula is C12H12BrNO. The first kappa shape index (κ1) is 10.4. The molecule has 1 aromatic carbocycles. The fourth-order valence-electron chi connectivity index (χ4n) is 1.81. The van der Waals surface area contributed by atoms with E-state index in [1.54, 1.807) is 0 Å². The van der Waals surface area contributed by atoms with E-state index in [-0.39, 0.29) is 5.78 Å². The van der Waals surface area contributed by atoms with Crippen molar-refractivity contribution in [3.63, 3.8) is 0 Å². The monoisotopic (exact) mass is 265 g/mol.